The molecule has 1 unspecified atom stereocenters. The molecule has 2 amide bonds. The second-order valence-corrected chi connectivity index (χ2v) is 4.55. The maximum Gasteiger partial charge on any atom is 0.236 e. The number of carbonyl (C=O) groups is 2. The first kappa shape index (κ1) is 13.9. The van der Waals surface area contributed by atoms with Crippen molar-refractivity contribution in [3.05, 3.63) is 0 Å². The third kappa shape index (κ3) is 4.32. The van der Waals surface area contributed by atoms with Crippen molar-refractivity contribution in [2.75, 3.05) is 40.3 Å². The molecule has 1 rings (SSSR count). The van der Waals surface area contributed by atoms with Crippen LogP contribution in [-0.2, 0) is 9.59 Å². The van der Waals surface area contributed by atoms with Gasteiger partial charge in [0.05, 0.1) is 0 Å². The molecule has 1 heterocycles. The van der Waals surface area contributed by atoms with E-state index in [0.29, 0.717) is 13.0 Å². The first-order valence-electron chi connectivity index (χ1n) is 5.96. The van der Waals surface area contributed by atoms with Crippen molar-refractivity contribution in [3.8, 4) is 0 Å². The van der Waals surface area contributed by atoms with Gasteiger partial charge in [-0.25, -0.2) is 0 Å². The highest BCUT2D eigenvalue weighted by molar-refractivity contribution is 5.80. The normalized spacial score (nSPS) is 21.2. The lowest BCUT2D eigenvalue weighted by atomic mass is 10.1. The van der Waals surface area contributed by atoms with E-state index < -0.39 is 0 Å². The fourth-order valence-corrected chi connectivity index (χ4v) is 1.95. The third-order valence-electron chi connectivity index (χ3n) is 3.02. The zero-order valence-corrected chi connectivity index (χ0v) is 10.6. The molecular weight excluding hydrogens is 220 g/mol. The van der Waals surface area contributed by atoms with Crippen molar-refractivity contribution >= 4 is 11.8 Å². The lowest BCUT2D eigenvalue weighted by Crippen LogP contribution is -2.57. The quantitative estimate of drug-likeness (QED) is 0.622. The van der Waals surface area contributed by atoms with Gasteiger partial charge >= 0.3 is 0 Å². The minimum atomic E-state index is -0.295. The molecule has 0 radical (unpaired) electrons. The lowest BCUT2D eigenvalue weighted by Gasteiger charge is -2.34. The standard InChI is InChI=1S/C11H22N4O2/c1-14(2)10(16)4-3-6-15-7-5-13-8-9(15)11(12)17/h9,13H,3-8H2,1-2H3,(H2,12,17). The zero-order chi connectivity index (χ0) is 12.8. The Labute approximate surface area is 102 Å². The summed E-state index contributed by atoms with van der Waals surface area (Å²) in [6, 6.07) is -0.238. The Balaban J connectivity index is 2.33. The summed E-state index contributed by atoms with van der Waals surface area (Å²) in [7, 11) is 3.50. The SMILES string of the molecule is CN(C)C(=O)CCCN1CCNCC1C(N)=O. The van der Waals surface area contributed by atoms with E-state index in [4.69, 9.17) is 5.73 Å². The van der Waals surface area contributed by atoms with E-state index in [1.54, 1.807) is 19.0 Å². The first-order chi connectivity index (χ1) is 8.02. The molecule has 0 aromatic carbocycles. The molecule has 0 aliphatic carbocycles. The summed E-state index contributed by atoms with van der Waals surface area (Å²) >= 11 is 0. The maximum absolute atomic E-state index is 11.4. The number of nitrogens with one attached hydrogen (secondary N) is 1. The van der Waals surface area contributed by atoms with E-state index in [1.807, 2.05) is 0 Å². The summed E-state index contributed by atoms with van der Waals surface area (Å²) in [5.74, 6) is -0.174. The van der Waals surface area contributed by atoms with Crippen LogP contribution in [0.25, 0.3) is 0 Å². The summed E-state index contributed by atoms with van der Waals surface area (Å²) in [4.78, 5) is 26.3. The van der Waals surface area contributed by atoms with Gasteiger partial charge in [0, 0.05) is 40.2 Å². The Hall–Kier alpha value is -1.14. The molecule has 1 atom stereocenters. The minimum Gasteiger partial charge on any atom is -0.368 e. The molecule has 6 heteroatoms. The minimum absolute atomic E-state index is 0.121. The van der Waals surface area contributed by atoms with Crippen molar-refractivity contribution in [1.29, 1.82) is 0 Å². The Morgan fingerprint density at radius 3 is 2.76 bits per heavy atom. The Bertz CT molecular complexity index is 281. The van der Waals surface area contributed by atoms with E-state index >= 15 is 0 Å². The predicted molar refractivity (Wildman–Crippen MR) is 65.4 cm³/mol. The number of hydrogen-bond acceptors (Lipinski definition) is 4. The van der Waals surface area contributed by atoms with E-state index in [1.165, 1.54) is 0 Å². The molecule has 6 nitrogen and oxygen atoms in total. The number of rotatable bonds is 5. The fraction of sp³-hybridized carbons (Fsp3) is 0.818. The van der Waals surface area contributed by atoms with E-state index in [2.05, 4.69) is 10.2 Å². The van der Waals surface area contributed by atoms with Gasteiger partial charge in [-0.2, -0.15) is 0 Å². The van der Waals surface area contributed by atoms with Crippen LogP contribution in [0.2, 0.25) is 0 Å². The topological polar surface area (TPSA) is 78.7 Å². The van der Waals surface area contributed by atoms with Gasteiger partial charge in [-0.15, -0.1) is 0 Å². The van der Waals surface area contributed by atoms with Crippen molar-refractivity contribution in [2.45, 2.75) is 18.9 Å². The summed E-state index contributed by atoms with van der Waals surface area (Å²) in [5.41, 5.74) is 5.34. The van der Waals surface area contributed by atoms with Gasteiger partial charge in [-0.1, -0.05) is 0 Å². The Morgan fingerprint density at radius 1 is 1.47 bits per heavy atom. The second-order valence-electron chi connectivity index (χ2n) is 4.55. The third-order valence-corrected chi connectivity index (χ3v) is 3.02. The first-order valence-corrected chi connectivity index (χ1v) is 5.96. The van der Waals surface area contributed by atoms with Gasteiger partial charge in [-0.05, 0) is 13.0 Å². The summed E-state index contributed by atoms with van der Waals surface area (Å²) in [6.07, 6.45) is 1.28. The average Bonchev–Trinajstić information content (AvgIpc) is 2.29. The summed E-state index contributed by atoms with van der Waals surface area (Å²) < 4.78 is 0. The van der Waals surface area contributed by atoms with E-state index in [9.17, 15) is 9.59 Å². The molecule has 17 heavy (non-hydrogen) atoms. The highest BCUT2D eigenvalue weighted by Gasteiger charge is 2.26. The number of carbonyl (C=O) groups excluding carboxylic acids is 2. The molecule has 1 aliphatic heterocycles. The largest absolute Gasteiger partial charge is 0.368 e. The summed E-state index contributed by atoms with van der Waals surface area (Å²) in [6.45, 7) is 3.03. The van der Waals surface area contributed by atoms with Crippen LogP contribution >= 0.6 is 0 Å². The number of amides is 2. The van der Waals surface area contributed by atoms with Gasteiger partial charge in [-0.3, -0.25) is 14.5 Å². The van der Waals surface area contributed by atoms with Crippen molar-refractivity contribution in [3.63, 3.8) is 0 Å². The maximum atomic E-state index is 11.4. The molecule has 98 valence electrons. The van der Waals surface area contributed by atoms with Crippen molar-refractivity contribution < 1.29 is 9.59 Å². The molecule has 0 aromatic rings. The number of primary amides is 1. The zero-order valence-electron chi connectivity index (χ0n) is 10.6. The highest BCUT2D eigenvalue weighted by Crippen LogP contribution is 2.05. The van der Waals surface area contributed by atoms with Gasteiger partial charge < -0.3 is 16.0 Å². The van der Waals surface area contributed by atoms with Gasteiger partial charge in [0.25, 0.3) is 0 Å². The van der Waals surface area contributed by atoms with E-state index in [-0.39, 0.29) is 17.9 Å². The Morgan fingerprint density at radius 2 is 2.18 bits per heavy atom. The average molecular weight is 242 g/mol. The monoisotopic (exact) mass is 242 g/mol. The molecule has 0 bridgehead atoms. The van der Waals surface area contributed by atoms with Gasteiger partial charge in [0.15, 0.2) is 0 Å². The molecular formula is C11H22N4O2. The van der Waals surface area contributed by atoms with Crippen molar-refractivity contribution in [1.82, 2.24) is 15.1 Å². The molecule has 0 spiro atoms. The number of nitrogens with zero attached hydrogens (tertiary/aromatic N) is 2. The van der Waals surface area contributed by atoms with Gasteiger partial charge in [0.1, 0.15) is 6.04 Å². The number of hydrogen-bond donors (Lipinski definition) is 2. The molecule has 1 aliphatic rings. The van der Waals surface area contributed by atoms with Crippen LogP contribution in [0.5, 0.6) is 0 Å². The van der Waals surface area contributed by atoms with Crippen LogP contribution < -0.4 is 11.1 Å². The smallest absolute Gasteiger partial charge is 0.236 e. The van der Waals surface area contributed by atoms with Crippen LogP contribution in [-0.4, -0.2) is 67.9 Å². The number of nitrogens with two attached hydrogens (primary N) is 1. The second kappa shape index (κ2) is 6.56. The number of piperazine rings is 1. The molecule has 1 saturated heterocycles. The van der Waals surface area contributed by atoms with Crippen LogP contribution in [0, 0.1) is 0 Å². The van der Waals surface area contributed by atoms with Crippen LogP contribution in [0.1, 0.15) is 12.8 Å². The molecule has 0 aromatic heterocycles. The predicted octanol–water partition coefficient (Wildman–Crippen LogP) is -1.39. The molecule has 1 fully saturated rings. The van der Waals surface area contributed by atoms with Crippen LogP contribution in [0.4, 0.5) is 0 Å². The molecule has 3 N–H and O–H groups in total. The lowest BCUT2D eigenvalue weighted by molar-refractivity contribution is -0.128. The molecule has 0 saturated carbocycles. The van der Waals surface area contributed by atoms with Crippen molar-refractivity contribution in [2.24, 2.45) is 5.73 Å². The Kier molecular flexibility index (Phi) is 5.37. The van der Waals surface area contributed by atoms with Crippen LogP contribution in [0.3, 0.4) is 0 Å². The van der Waals surface area contributed by atoms with E-state index in [0.717, 1.165) is 26.1 Å². The summed E-state index contributed by atoms with van der Waals surface area (Å²) in [5, 5.41) is 3.15. The highest BCUT2D eigenvalue weighted by atomic mass is 16.2. The van der Waals surface area contributed by atoms with Gasteiger partial charge in [0.2, 0.25) is 11.8 Å². The van der Waals surface area contributed by atoms with Crippen LogP contribution in [0.15, 0.2) is 0 Å². The fourth-order valence-electron chi connectivity index (χ4n) is 1.95.